The zero-order chi connectivity index (χ0) is 19.1. The molecule has 0 spiro atoms. The molecule has 6 heteroatoms. The first kappa shape index (κ1) is 19.7. The maximum absolute atomic E-state index is 13.5. The third kappa shape index (κ3) is 5.46. The number of ether oxygens (including phenoxy) is 1. The Morgan fingerprint density at radius 1 is 1.15 bits per heavy atom. The summed E-state index contributed by atoms with van der Waals surface area (Å²) in [6.07, 6.45) is 0. The lowest BCUT2D eigenvalue weighted by atomic mass is 10.1. The highest BCUT2D eigenvalue weighted by molar-refractivity contribution is 5.77. The molecular weight excluding hydrogens is 333 g/mol. The second-order valence-corrected chi connectivity index (χ2v) is 6.64. The van der Waals surface area contributed by atoms with Crippen LogP contribution in [0.4, 0.5) is 10.1 Å². The van der Waals surface area contributed by atoms with Crippen LogP contribution in [0.15, 0.2) is 48.5 Å². The van der Waals surface area contributed by atoms with E-state index in [2.05, 4.69) is 29.6 Å². The van der Waals surface area contributed by atoms with Crippen molar-refractivity contribution in [2.24, 2.45) is 0 Å². The zero-order valence-electron chi connectivity index (χ0n) is 15.8. The summed E-state index contributed by atoms with van der Waals surface area (Å²) < 4.78 is 18.7. The molecule has 2 N–H and O–H groups in total. The van der Waals surface area contributed by atoms with Gasteiger partial charge in [0.25, 0.3) is 5.91 Å². The van der Waals surface area contributed by atoms with Gasteiger partial charge < -0.3 is 19.9 Å². The molecule has 0 saturated carbocycles. The van der Waals surface area contributed by atoms with Crippen LogP contribution in [-0.2, 0) is 4.79 Å². The Morgan fingerprint density at radius 3 is 2.38 bits per heavy atom. The molecule has 0 heterocycles. The van der Waals surface area contributed by atoms with E-state index in [0.29, 0.717) is 6.54 Å². The number of quaternary nitrogens is 1. The van der Waals surface area contributed by atoms with E-state index in [1.54, 1.807) is 12.1 Å². The van der Waals surface area contributed by atoms with Gasteiger partial charge >= 0.3 is 0 Å². The average Bonchev–Trinajstić information content (AvgIpc) is 2.61. The minimum absolute atomic E-state index is 0.0803. The van der Waals surface area contributed by atoms with Crippen molar-refractivity contribution in [3.8, 4) is 5.75 Å². The van der Waals surface area contributed by atoms with Crippen LogP contribution in [-0.4, -0.2) is 47.2 Å². The summed E-state index contributed by atoms with van der Waals surface area (Å²) in [6.45, 7) is 0.263. The summed E-state index contributed by atoms with van der Waals surface area (Å²) >= 11 is 0. The van der Waals surface area contributed by atoms with E-state index in [1.807, 2.05) is 33.1 Å². The zero-order valence-corrected chi connectivity index (χ0v) is 15.8. The van der Waals surface area contributed by atoms with Gasteiger partial charge in [0.2, 0.25) is 0 Å². The van der Waals surface area contributed by atoms with Gasteiger partial charge in [0.05, 0.1) is 20.6 Å². The van der Waals surface area contributed by atoms with Gasteiger partial charge in [-0.1, -0.05) is 24.3 Å². The van der Waals surface area contributed by atoms with Crippen molar-refractivity contribution in [3.63, 3.8) is 0 Å². The molecule has 0 radical (unpaired) electrons. The summed E-state index contributed by atoms with van der Waals surface area (Å²) in [5, 5.41) is 2.87. The number of hydrogen-bond acceptors (Lipinski definition) is 3. The molecule has 26 heavy (non-hydrogen) atoms. The van der Waals surface area contributed by atoms with Gasteiger partial charge in [-0.05, 0) is 24.3 Å². The largest absolute Gasteiger partial charge is 0.481 e. The molecule has 2 rings (SSSR count). The third-order valence-corrected chi connectivity index (χ3v) is 4.21. The van der Waals surface area contributed by atoms with Crippen LogP contribution in [0.25, 0.3) is 0 Å². The summed E-state index contributed by atoms with van der Waals surface area (Å²) in [4.78, 5) is 15.3. The van der Waals surface area contributed by atoms with Crippen molar-refractivity contribution >= 4 is 11.6 Å². The number of nitrogens with one attached hydrogen (secondary N) is 2. The fourth-order valence-corrected chi connectivity index (χ4v) is 2.63. The molecule has 0 unspecified atom stereocenters. The molecule has 0 aliphatic heterocycles. The highest BCUT2D eigenvalue weighted by Crippen LogP contribution is 2.16. The lowest BCUT2D eigenvalue weighted by molar-refractivity contribution is -0.890. The molecule has 0 aliphatic carbocycles. The van der Waals surface area contributed by atoms with E-state index in [4.69, 9.17) is 4.74 Å². The lowest BCUT2D eigenvalue weighted by Crippen LogP contribution is -3.07. The molecule has 0 bridgehead atoms. The van der Waals surface area contributed by atoms with E-state index in [9.17, 15) is 9.18 Å². The Morgan fingerprint density at radius 2 is 1.81 bits per heavy atom. The van der Waals surface area contributed by atoms with Crippen molar-refractivity contribution in [2.45, 2.75) is 6.04 Å². The number of hydrogen-bond donors (Lipinski definition) is 2. The molecule has 0 saturated heterocycles. The van der Waals surface area contributed by atoms with Crippen molar-refractivity contribution in [1.82, 2.24) is 5.32 Å². The summed E-state index contributed by atoms with van der Waals surface area (Å²) in [5.74, 6) is -0.669. The van der Waals surface area contributed by atoms with E-state index < -0.39 is 5.82 Å². The number of carbonyl (C=O) groups excluding carboxylic acids is 1. The summed E-state index contributed by atoms with van der Waals surface area (Å²) in [5.41, 5.74) is 2.27. The number of halogens is 1. The van der Waals surface area contributed by atoms with Gasteiger partial charge in [0.1, 0.15) is 6.04 Å². The van der Waals surface area contributed by atoms with Gasteiger partial charge in [-0.2, -0.15) is 0 Å². The minimum atomic E-state index is -0.475. The Hall–Kier alpha value is -2.60. The molecule has 1 amide bonds. The van der Waals surface area contributed by atoms with Crippen LogP contribution in [0, 0.1) is 5.82 Å². The Labute approximate surface area is 154 Å². The predicted octanol–water partition coefficient (Wildman–Crippen LogP) is 1.27. The van der Waals surface area contributed by atoms with Crippen LogP contribution in [0.2, 0.25) is 0 Å². The highest BCUT2D eigenvalue weighted by Gasteiger charge is 2.19. The van der Waals surface area contributed by atoms with Crippen molar-refractivity contribution in [1.29, 1.82) is 0 Å². The minimum Gasteiger partial charge on any atom is -0.481 e. The Kier molecular flexibility index (Phi) is 6.97. The van der Waals surface area contributed by atoms with Crippen LogP contribution in [0.5, 0.6) is 5.75 Å². The van der Waals surface area contributed by atoms with Crippen LogP contribution in [0.3, 0.4) is 0 Å². The van der Waals surface area contributed by atoms with E-state index in [1.165, 1.54) is 17.0 Å². The van der Waals surface area contributed by atoms with Gasteiger partial charge in [0, 0.05) is 25.3 Å². The molecule has 0 aliphatic rings. The van der Waals surface area contributed by atoms with Crippen LogP contribution >= 0.6 is 0 Å². The number of rotatable bonds is 8. The van der Waals surface area contributed by atoms with Gasteiger partial charge in [-0.15, -0.1) is 0 Å². The number of carbonyl (C=O) groups is 1. The van der Waals surface area contributed by atoms with E-state index >= 15 is 0 Å². The van der Waals surface area contributed by atoms with Crippen molar-refractivity contribution in [2.75, 3.05) is 46.2 Å². The number of likely N-dealkylation sites (N-methyl/N-ethyl adjacent to an activating group) is 1. The Bertz CT molecular complexity index is 717. The van der Waals surface area contributed by atoms with Gasteiger partial charge in [-0.3, -0.25) is 4.79 Å². The van der Waals surface area contributed by atoms with E-state index in [0.717, 1.165) is 11.3 Å². The second-order valence-electron chi connectivity index (χ2n) is 6.64. The van der Waals surface area contributed by atoms with E-state index in [-0.39, 0.29) is 24.3 Å². The normalized spacial score (nSPS) is 11.9. The average molecular weight is 360 g/mol. The van der Waals surface area contributed by atoms with Crippen molar-refractivity contribution < 1.29 is 18.8 Å². The first-order valence-corrected chi connectivity index (χ1v) is 8.60. The fourth-order valence-electron chi connectivity index (χ4n) is 2.63. The van der Waals surface area contributed by atoms with Gasteiger partial charge in [-0.25, -0.2) is 4.39 Å². The predicted molar refractivity (Wildman–Crippen MR) is 101 cm³/mol. The number of anilines is 1. The molecular formula is C20H27FN3O2+. The quantitative estimate of drug-likeness (QED) is 0.745. The van der Waals surface area contributed by atoms with Crippen molar-refractivity contribution in [3.05, 3.63) is 59.9 Å². The molecule has 2 aromatic carbocycles. The number of amides is 1. The first-order valence-electron chi connectivity index (χ1n) is 8.60. The molecule has 0 fully saturated rings. The maximum atomic E-state index is 13.5. The molecule has 0 aromatic heterocycles. The first-order chi connectivity index (χ1) is 12.4. The molecule has 1 atom stereocenters. The number of nitrogens with zero attached hydrogens (tertiary/aromatic N) is 1. The lowest BCUT2D eigenvalue weighted by Gasteiger charge is -2.23. The maximum Gasteiger partial charge on any atom is 0.258 e. The summed E-state index contributed by atoms with van der Waals surface area (Å²) in [6, 6.07) is 14.4. The fraction of sp³-hybridized carbons (Fsp3) is 0.350. The second kappa shape index (κ2) is 9.20. The Balaban J connectivity index is 1.91. The highest BCUT2D eigenvalue weighted by atomic mass is 19.1. The number of para-hydroxylation sites is 1. The number of benzene rings is 2. The van der Waals surface area contributed by atoms with Crippen LogP contribution in [0.1, 0.15) is 11.6 Å². The third-order valence-electron chi connectivity index (χ3n) is 4.21. The monoisotopic (exact) mass is 360 g/mol. The molecule has 2 aromatic rings. The summed E-state index contributed by atoms with van der Waals surface area (Å²) in [7, 11) is 8.10. The van der Waals surface area contributed by atoms with Gasteiger partial charge in [0.15, 0.2) is 18.2 Å². The molecule has 5 nitrogen and oxygen atoms in total. The standard InChI is InChI=1S/C20H26FN3O2/c1-23(2)16-11-9-15(10-12-16)18(24(3)4)13-22-20(25)14-26-19-8-6-5-7-17(19)21/h5-12,18H,13-14H2,1-4H3,(H,22,25)/p+1/t18-/m1/s1. The topological polar surface area (TPSA) is 46.0 Å². The SMILES string of the molecule is CN(C)c1ccc([C@@H](CNC(=O)COc2ccccc2F)[NH+](C)C)cc1. The van der Waals surface area contributed by atoms with Crippen LogP contribution < -0.4 is 19.9 Å². The molecule has 140 valence electrons. The smallest absolute Gasteiger partial charge is 0.258 e.